The van der Waals surface area contributed by atoms with E-state index in [1.54, 1.807) is 17.3 Å². The van der Waals surface area contributed by atoms with Crippen LogP contribution in [0.5, 0.6) is 11.9 Å². The third-order valence-electron chi connectivity index (χ3n) is 13.8. The predicted octanol–water partition coefficient (Wildman–Crippen LogP) is 9.45. The molecule has 5 fully saturated rings. The minimum absolute atomic E-state index is 0.0253. The van der Waals surface area contributed by atoms with E-state index in [1.807, 2.05) is 57.2 Å². The minimum atomic E-state index is -0.658. The number of ether oxygens (including phenoxy) is 4. The minimum Gasteiger partial charge on any atom is -0.471 e. The number of fused-ring (bicyclic) bond motifs is 4. The maximum absolute atomic E-state index is 17.7. The molecule has 65 heavy (non-hydrogen) atoms. The number of unbranched alkanes of at least 4 members (excludes halogenated alkanes) is 1. The molecule has 0 bridgehead atoms. The SMILES string of the molecule is C=C1CN2CCC[C@@]2(COc2nc(OC(C)(C)C)c3cnc(-c4c(CCCCC(=O)N5CC[C@@H]6CCN(C(=O)OC(C)(C)C)C[C@@H]65)c(Cl)cc5c4cnn5C4CCCCO4)c(F)c3n2)C1. The highest BCUT2D eigenvalue weighted by atomic mass is 35.5. The fraction of sp³-hybridized carbons (Fsp3) is 0.633. The lowest BCUT2D eigenvalue weighted by Crippen LogP contribution is -2.52. The number of hydrogen-bond acceptors (Lipinski definition) is 11. The molecule has 3 aromatic heterocycles. The molecule has 1 aromatic carbocycles. The first-order valence-corrected chi connectivity index (χ1v) is 24.0. The topological polar surface area (TPSA) is 137 Å². The van der Waals surface area contributed by atoms with Gasteiger partial charge in [0.05, 0.1) is 28.7 Å². The molecule has 4 atom stereocenters. The van der Waals surface area contributed by atoms with Gasteiger partial charge in [-0.2, -0.15) is 15.1 Å². The highest BCUT2D eigenvalue weighted by molar-refractivity contribution is 6.33. The maximum atomic E-state index is 17.7. The Balaban J connectivity index is 1.01. The molecule has 0 aliphatic carbocycles. The summed E-state index contributed by atoms with van der Waals surface area (Å²) in [5.74, 6) is -0.0262. The van der Waals surface area contributed by atoms with Crippen LogP contribution in [0.15, 0.2) is 30.6 Å². The summed E-state index contributed by atoms with van der Waals surface area (Å²) >= 11 is 7.25. The average Bonchev–Trinajstić information content (AvgIpc) is 4.03. The van der Waals surface area contributed by atoms with Gasteiger partial charge in [0.2, 0.25) is 11.8 Å². The predicted molar refractivity (Wildman–Crippen MR) is 247 cm³/mol. The van der Waals surface area contributed by atoms with E-state index < -0.39 is 17.0 Å². The van der Waals surface area contributed by atoms with Gasteiger partial charge in [-0.1, -0.05) is 23.8 Å². The molecule has 350 valence electrons. The van der Waals surface area contributed by atoms with E-state index in [9.17, 15) is 9.59 Å². The van der Waals surface area contributed by atoms with E-state index in [-0.39, 0.29) is 52.9 Å². The molecule has 5 aliphatic heterocycles. The molecular formula is C49H64ClFN8O6. The van der Waals surface area contributed by atoms with Crippen molar-refractivity contribution in [1.29, 1.82) is 0 Å². The number of pyridine rings is 1. The number of carbonyl (C=O) groups is 2. The molecule has 1 unspecified atom stereocenters. The lowest BCUT2D eigenvalue weighted by Gasteiger charge is -2.39. The normalized spacial score (nSPS) is 23.9. The number of nitrogens with zero attached hydrogens (tertiary/aromatic N) is 8. The van der Waals surface area contributed by atoms with Gasteiger partial charge in [0.1, 0.15) is 29.0 Å². The first kappa shape index (κ1) is 45.6. The molecule has 2 amide bonds. The summed E-state index contributed by atoms with van der Waals surface area (Å²) in [4.78, 5) is 47.1. The van der Waals surface area contributed by atoms with Crippen LogP contribution >= 0.6 is 11.6 Å². The molecule has 0 saturated carbocycles. The molecular weight excluding hydrogens is 851 g/mol. The second kappa shape index (κ2) is 17.9. The van der Waals surface area contributed by atoms with Crippen LogP contribution in [0.4, 0.5) is 9.18 Å². The largest absolute Gasteiger partial charge is 0.471 e. The zero-order chi connectivity index (χ0) is 45.8. The van der Waals surface area contributed by atoms with Crippen LogP contribution in [0.2, 0.25) is 5.02 Å². The van der Waals surface area contributed by atoms with Gasteiger partial charge in [-0.05, 0) is 136 Å². The van der Waals surface area contributed by atoms with Gasteiger partial charge in [0, 0.05) is 61.4 Å². The van der Waals surface area contributed by atoms with E-state index in [1.165, 1.54) is 5.57 Å². The van der Waals surface area contributed by atoms with E-state index in [4.69, 9.17) is 50.6 Å². The highest BCUT2D eigenvalue weighted by Gasteiger charge is 2.47. The quantitative estimate of drug-likeness (QED) is 0.105. The van der Waals surface area contributed by atoms with E-state index >= 15 is 4.39 Å². The Kier molecular flexibility index (Phi) is 12.5. The van der Waals surface area contributed by atoms with Crippen molar-refractivity contribution < 1.29 is 32.9 Å². The van der Waals surface area contributed by atoms with Crippen LogP contribution in [0.1, 0.15) is 124 Å². The highest BCUT2D eigenvalue weighted by Crippen LogP contribution is 2.44. The first-order valence-electron chi connectivity index (χ1n) is 23.6. The number of likely N-dealkylation sites (tertiary alicyclic amines) is 2. The van der Waals surface area contributed by atoms with Crippen molar-refractivity contribution >= 4 is 45.4 Å². The van der Waals surface area contributed by atoms with Crippen molar-refractivity contribution in [2.75, 3.05) is 45.9 Å². The third kappa shape index (κ3) is 9.39. The molecule has 16 heteroatoms. The Morgan fingerprint density at radius 1 is 1.00 bits per heavy atom. The summed E-state index contributed by atoms with van der Waals surface area (Å²) in [6.07, 6.45) is 12.1. The number of amides is 2. The van der Waals surface area contributed by atoms with E-state index in [0.717, 1.165) is 70.0 Å². The monoisotopic (exact) mass is 914 g/mol. The Hall–Kier alpha value is -4.60. The Morgan fingerprint density at radius 3 is 2.58 bits per heavy atom. The van der Waals surface area contributed by atoms with Gasteiger partial charge < -0.3 is 28.7 Å². The third-order valence-corrected chi connectivity index (χ3v) is 14.1. The van der Waals surface area contributed by atoms with Gasteiger partial charge >= 0.3 is 12.1 Å². The smallest absolute Gasteiger partial charge is 0.410 e. The van der Waals surface area contributed by atoms with Crippen molar-refractivity contribution in [1.82, 2.24) is 39.4 Å². The van der Waals surface area contributed by atoms with Gasteiger partial charge in [-0.3, -0.25) is 14.7 Å². The summed E-state index contributed by atoms with van der Waals surface area (Å²) in [5.41, 5.74) is 1.80. The number of aromatic nitrogens is 5. The van der Waals surface area contributed by atoms with Gasteiger partial charge in [-0.15, -0.1) is 0 Å². The van der Waals surface area contributed by atoms with Crippen molar-refractivity contribution in [3.05, 3.63) is 47.0 Å². The summed E-state index contributed by atoms with van der Waals surface area (Å²) < 4.78 is 44.0. The van der Waals surface area contributed by atoms with Crippen LogP contribution in [0.25, 0.3) is 33.1 Å². The number of piperidine rings is 1. The van der Waals surface area contributed by atoms with E-state index in [0.29, 0.717) is 91.4 Å². The number of benzene rings is 1. The molecule has 0 spiro atoms. The second-order valence-corrected chi connectivity index (χ2v) is 21.3. The molecule has 9 rings (SSSR count). The van der Waals surface area contributed by atoms with Gasteiger partial charge in [0.15, 0.2) is 12.0 Å². The van der Waals surface area contributed by atoms with Gasteiger partial charge in [-0.25, -0.2) is 13.9 Å². The van der Waals surface area contributed by atoms with Crippen molar-refractivity contribution in [2.24, 2.45) is 5.92 Å². The fourth-order valence-electron chi connectivity index (χ4n) is 10.8. The Labute approximate surface area is 386 Å². The number of halogens is 2. The van der Waals surface area contributed by atoms with Crippen molar-refractivity contribution in [2.45, 2.75) is 148 Å². The second-order valence-electron chi connectivity index (χ2n) is 20.9. The number of carbonyl (C=O) groups excluding carboxylic acids is 2. The van der Waals surface area contributed by atoms with Crippen LogP contribution in [-0.2, 0) is 20.7 Å². The molecule has 0 radical (unpaired) electrons. The Bertz CT molecular complexity index is 2480. The van der Waals surface area contributed by atoms with Crippen LogP contribution < -0.4 is 9.47 Å². The summed E-state index contributed by atoms with van der Waals surface area (Å²) in [6.45, 7) is 20.2. The van der Waals surface area contributed by atoms with Crippen molar-refractivity contribution in [3.63, 3.8) is 0 Å². The zero-order valence-electron chi connectivity index (χ0n) is 38.9. The van der Waals surface area contributed by atoms with Crippen LogP contribution in [0, 0.1) is 11.7 Å². The molecule has 5 saturated heterocycles. The number of rotatable bonds is 11. The summed E-state index contributed by atoms with van der Waals surface area (Å²) in [6, 6.07) is 1.90. The van der Waals surface area contributed by atoms with Crippen molar-refractivity contribution in [3.8, 4) is 23.1 Å². The molecule has 8 heterocycles. The van der Waals surface area contributed by atoms with Crippen LogP contribution in [0.3, 0.4) is 0 Å². The van der Waals surface area contributed by atoms with Crippen LogP contribution in [-0.4, -0.2) is 120 Å². The fourth-order valence-corrected chi connectivity index (χ4v) is 11.1. The summed E-state index contributed by atoms with van der Waals surface area (Å²) in [7, 11) is 0. The molecule has 5 aliphatic rings. The van der Waals surface area contributed by atoms with Gasteiger partial charge in [0.25, 0.3) is 0 Å². The zero-order valence-corrected chi connectivity index (χ0v) is 39.6. The van der Waals surface area contributed by atoms with E-state index in [2.05, 4.69) is 11.5 Å². The summed E-state index contributed by atoms with van der Waals surface area (Å²) in [5, 5.41) is 6.26. The lowest BCUT2D eigenvalue weighted by molar-refractivity contribution is -0.133. The molecule has 4 aromatic rings. The Morgan fingerprint density at radius 2 is 1.82 bits per heavy atom. The molecule has 14 nitrogen and oxygen atoms in total. The first-order chi connectivity index (χ1) is 31.0. The number of hydrogen-bond donors (Lipinski definition) is 0. The average molecular weight is 916 g/mol. The standard InChI is InChI=1S/C49H64ClFN8O6/c1-30-24-49(18-12-19-57(49)27-30)29-63-45-54-42-34(44(55-45)64-47(2,3)4)25-52-43(41(42)51)40-32(35(50)23-36-33(40)26-53-59(36)39-15-10-11-22-62-39)13-8-9-14-38(60)58-21-17-31-16-20-56(28-37(31)58)46(61)65-48(5,6)7/h23,25-26,31,37,39H,1,8-22,24,27-29H2,2-7H3/t31-,37-,39?,49-/m0/s1. The lowest BCUT2D eigenvalue weighted by atomic mass is 9.92. The maximum Gasteiger partial charge on any atom is 0.410 e. The molecule has 0 N–H and O–H groups in total.